The molecule has 3 rings (SSSR count). The first-order valence-corrected chi connectivity index (χ1v) is 8.02. The van der Waals surface area contributed by atoms with Gasteiger partial charge in [-0.05, 0) is 35.7 Å². The van der Waals surface area contributed by atoms with Gasteiger partial charge in [0.1, 0.15) is 5.69 Å². The standard InChI is InChI=1S/C16H14N4O3S/c1-23-16(22)12-4-2-11(3-5-12)15(21)17-8-13-9-20(19-18-13)14-6-7-24-10-14/h2-7,9-10H,8H2,1H3,(H,17,21). The maximum atomic E-state index is 12.1. The first-order chi connectivity index (χ1) is 11.7. The topological polar surface area (TPSA) is 86.1 Å². The Hall–Kier alpha value is -3.00. The molecule has 1 amide bonds. The van der Waals surface area contributed by atoms with Crippen LogP contribution in [0.4, 0.5) is 0 Å². The lowest BCUT2D eigenvalue weighted by atomic mass is 10.1. The highest BCUT2D eigenvalue weighted by Crippen LogP contribution is 2.11. The van der Waals surface area contributed by atoms with Gasteiger partial charge in [-0.3, -0.25) is 4.79 Å². The molecule has 0 radical (unpaired) electrons. The number of thiophene rings is 1. The highest BCUT2D eigenvalue weighted by atomic mass is 32.1. The Kier molecular flexibility index (Phi) is 4.66. The minimum Gasteiger partial charge on any atom is -0.465 e. The maximum absolute atomic E-state index is 12.1. The van der Waals surface area contributed by atoms with E-state index in [1.165, 1.54) is 7.11 Å². The molecule has 0 aliphatic heterocycles. The maximum Gasteiger partial charge on any atom is 0.337 e. The summed E-state index contributed by atoms with van der Waals surface area (Å²) in [7, 11) is 1.31. The molecule has 8 heteroatoms. The Morgan fingerprint density at radius 3 is 2.62 bits per heavy atom. The molecule has 0 aliphatic rings. The molecule has 2 heterocycles. The number of aromatic nitrogens is 3. The summed E-state index contributed by atoms with van der Waals surface area (Å²) in [6, 6.07) is 8.18. The van der Waals surface area contributed by atoms with Crippen LogP contribution in [-0.2, 0) is 11.3 Å². The fourth-order valence-corrected chi connectivity index (χ4v) is 2.66. The zero-order chi connectivity index (χ0) is 16.9. The van der Waals surface area contributed by atoms with Crippen molar-refractivity contribution >= 4 is 23.2 Å². The second-order valence-electron chi connectivity index (χ2n) is 4.89. The lowest BCUT2D eigenvalue weighted by Gasteiger charge is -2.04. The van der Waals surface area contributed by atoms with Gasteiger partial charge in [-0.25, -0.2) is 9.48 Å². The number of benzene rings is 1. The number of ether oxygens (including phenoxy) is 1. The largest absolute Gasteiger partial charge is 0.465 e. The van der Waals surface area contributed by atoms with Gasteiger partial charge in [-0.2, -0.15) is 11.3 Å². The Bertz CT molecular complexity index is 841. The number of esters is 1. The van der Waals surface area contributed by atoms with E-state index in [4.69, 9.17) is 0 Å². The molecule has 2 aromatic heterocycles. The summed E-state index contributed by atoms with van der Waals surface area (Å²) in [6.07, 6.45) is 1.77. The van der Waals surface area contributed by atoms with Crippen LogP contribution in [0.5, 0.6) is 0 Å². The zero-order valence-electron chi connectivity index (χ0n) is 12.8. The lowest BCUT2D eigenvalue weighted by Crippen LogP contribution is -2.23. The van der Waals surface area contributed by atoms with Crippen molar-refractivity contribution in [1.82, 2.24) is 20.3 Å². The minimum absolute atomic E-state index is 0.253. The van der Waals surface area contributed by atoms with Gasteiger partial charge in [0, 0.05) is 10.9 Å². The van der Waals surface area contributed by atoms with Gasteiger partial charge in [0.25, 0.3) is 5.91 Å². The highest BCUT2D eigenvalue weighted by Gasteiger charge is 2.10. The van der Waals surface area contributed by atoms with Crippen LogP contribution in [0.15, 0.2) is 47.3 Å². The number of nitrogens with zero attached hydrogens (tertiary/aromatic N) is 3. The monoisotopic (exact) mass is 342 g/mol. The van der Waals surface area contributed by atoms with Crippen LogP contribution in [0.1, 0.15) is 26.4 Å². The smallest absolute Gasteiger partial charge is 0.337 e. The van der Waals surface area contributed by atoms with E-state index in [0.29, 0.717) is 16.8 Å². The van der Waals surface area contributed by atoms with E-state index in [-0.39, 0.29) is 12.5 Å². The van der Waals surface area contributed by atoms with Crippen molar-refractivity contribution in [3.05, 3.63) is 64.1 Å². The molecule has 0 fully saturated rings. The predicted molar refractivity (Wildman–Crippen MR) is 88.2 cm³/mol. The second kappa shape index (κ2) is 7.05. The van der Waals surface area contributed by atoms with Crippen molar-refractivity contribution < 1.29 is 14.3 Å². The zero-order valence-corrected chi connectivity index (χ0v) is 13.6. The Labute approximate surface area is 141 Å². The molecule has 122 valence electrons. The number of hydrogen-bond acceptors (Lipinski definition) is 6. The summed E-state index contributed by atoms with van der Waals surface area (Å²) in [6.45, 7) is 0.266. The van der Waals surface area contributed by atoms with E-state index >= 15 is 0 Å². The third kappa shape index (κ3) is 3.49. The number of amides is 1. The van der Waals surface area contributed by atoms with Gasteiger partial charge in [-0.1, -0.05) is 5.21 Å². The van der Waals surface area contributed by atoms with Crippen LogP contribution in [0.25, 0.3) is 5.69 Å². The van der Waals surface area contributed by atoms with Gasteiger partial charge >= 0.3 is 5.97 Å². The summed E-state index contributed by atoms with van der Waals surface area (Å²) in [5.41, 5.74) is 2.44. The first-order valence-electron chi connectivity index (χ1n) is 7.08. The van der Waals surface area contributed by atoms with Crippen LogP contribution >= 0.6 is 11.3 Å². The molecular formula is C16H14N4O3S. The Balaban J connectivity index is 1.60. The molecule has 0 unspecified atom stereocenters. The molecule has 7 nitrogen and oxygen atoms in total. The van der Waals surface area contributed by atoms with Crippen molar-refractivity contribution in [1.29, 1.82) is 0 Å². The molecule has 24 heavy (non-hydrogen) atoms. The molecule has 1 aromatic carbocycles. The summed E-state index contributed by atoms with van der Waals surface area (Å²) in [5.74, 6) is -0.691. The highest BCUT2D eigenvalue weighted by molar-refractivity contribution is 7.08. The average Bonchev–Trinajstić information content (AvgIpc) is 3.30. The second-order valence-corrected chi connectivity index (χ2v) is 5.67. The summed E-state index contributed by atoms with van der Waals surface area (Å²) in [5, 5.41) is 14.7. The third-order valence-corrected chi connectivity index (χ3v) is 3.98. The molecule has 0 aliphatic carbocycles. The lowest BCUT2D eigenvalue weighted by molar-refractivity contribution is 0.0600. The third-order valence-electron chi connectivity index (χ3n) is 3.31. The molecule has 0 saturated heterocycles. The van der Waals surface area contributed by atoms with Gasteiger partial charge in [0.05, 0.1) is 31.1 Å². The predicted octanol–water partition coefficient (Wildman–Crippen LogP) is 2.05. The number of hydrogen-bond donors (Lipinski definition) is 1. The summed E-state index contributed by atoms with van der Waals surface area (Å²) < 4.78 is 6.27. The van der Waals surface area contributed by atoms with Crippen molar-refractivity contribution in [2.24, 2.45) is 0 Å². The van der Waals surface area contributed by atoms with E-state index in [1.54, 1.807) is 46.5 Å². The van der Waals surface area contributed by atoms with Crippen molar-refractivity contribution in [2.45, 2.75) is 6.54 Å². The first kappa shape index (κ1) is 15.9. The number of nitrogens with one attached hydrogen (secondary N) is 1. The van der Waals surface area contributed by atoms with E-state index in [9.17, 15) is 9.59 Å². The van der Waals surface area contributed by atoms with Gasteiger partial charge in [0.2, 0.25) is 0 Å². The van der Waals surface area contributed by atoms with Crippen molar-refractivity contribution in [3.63, 3.8) is 0 Å². The molecular weight excluding hydrogens is 328 g/mol. The number of carbonyl (C=O) groups excluding carboxylic acids is 2. The molecule has 1 N–H and O–H groups in total. The summed E-state index contributed by atoms with van der Waals surface area (Å²) in [4.78, 5) is 23.5. The van der Waals surface area contributed by atoms with Gasteiger partial charge in [-0.15, -0.1) is 5.10 Å². The van der Waals surface area contributed by atoms with Crippen molar-refractivity contribution in [3.8, 4) is 5.69 Å². The summed E-state index contributed by atoms with van der Waals surface area (Å²) >= 11 is 1.57. The average molecular weight is 342 g/mol. The molecule has 3 aromatic rings. The SMILES string of the molecule is COC(=O)c1ccc(C(=O)NCc2cn(-c3ccsc3)nn2)cc1. The van der Waals surface area contributed by atoms with Crippen LogP contribution in [-0.4, -0.2) is 34.0 Å². The number of methoxy groups -OCH3 is 1. The van der Waals surface area contributed by atoms with Crippen LogP contribution in [0.3, 0.4) is 0 Å². The van der Waals surface area contributed by atoms with E-state index < -0.39 is 5.97 Å². The van der Waals surface area contributed by atoms with Gasteiger partial charge < -0.3 is 10.1 Å². The normalized spacial score (nSPS) is 10.4. The van der Waals surface area contributed by atoms with E-state index in [1.807, 2.05) is 16.8 Å². The fourth-order valence-electron chi connectivity index (χ4n) is 2.04. The van der Waals surface area contributed by atoms with Crippen molar-refractivity contribution in [2.75, 3.05) is 7.11 Å². The van der Waals surface area contributed by atoms with Crippen LogP contribution in [0.2, 0.25) is 0 Å². The molecule has 0 atom stereocenters. The van der Waals surface area contributed by atoms with E-state index in [0.717, 1.165) is 5.69 Å². The van der Waals surface area contributed by atoms with Crippen LogP contribution < -0.4 is 5.32 Å². The molecule has 0 bridgehead atoms. The number of carbonyl (C=O) groups is 2. The Morgan fingerprint density at radius 2 is 1.96 bits per heavy atom. The van der Waals surface area contributed by atoms with Gasteiger partial charge in [0.15, 0.2) is 0 Å². The Morgan fingerprint density at radius 1 is 1.21 bits per heavy atom. The fraction of sp³-hybridized carbons (Fsp3) is 0.125. The van der Waals surface area contributed by atoms with E-state index in [2.05, 4.69) is 20.4 Å². The molecule has 0 saturated carbocycles. The minimum atomic E-state index is -0.438. The quantitative estimate of drug-likeness (QED) is 0.717. The number of rotatable bonds is 5. The molecule has 0 spiro atoms. The van der Waals surface area contributed by atoms with Crippen LogP contribution in [0, 0.1) is 0 Å².